The smallest absolute Gasteiger partial charge is 0.260 e. The molecule has 1 aromatic carbocycles. The topological polar surface area (TPSA) is 91.2 Å². The van der Waals surface area contributed by atoms with Crippen LogP contribution in [0.3, 0.4) is 0 Å². The molecule has 198 valence electrons. The third-order valence-corrected chi connectivity index (χ3v) is 10.4. The van der Waals surface area contributed by atoms with Crippen molar-refractivity contribution in [2.75, 3.05) is 13.2 Å². The van der Waals surface area contributed by atoms with Crippen molar-refractivity contribution < 1.29 is 19.8 Å². The number of nitrogens with zero attached hydrogens (tertiary/aromatic N) is 1. The van der Waals surface area contributed by atoms with Crippen molar-refractivity contribution in [3.63, 3.8) is 0 Å². The Labute approximate surface area is 220 Å². The molecule has 0 bridgehead atoms. The van der Waals surface area contributed by atoms with Crippen LogP contribution < -0.4 is 5.32 Å². The molecule has 6 nitrogen and oxygen atoms in total. The number of hydrogen-bond donors (Lipinski definition) is 3. The summed E-state index contributed by atoms with van der Waals surface area (Å²) in [7, 11) is 0. The summed E-state index contributed by atoms with van der Waals surface area (Å²) in [6.07, 6.45) is 16.7. The van der Waals surface area contributed by atoms with Crippen LogP contribution in [0, 0.1) is 40.9 Å². The van der Waals surface area contributed by atoms with Crippen molar-refractivity contribution in [1.29, 1.82) is 0 Å². The predicted molar refractivity (Wildman–Crippen MR) is 144 cm³/mol. The first kappa shape index (κ1) is 25.9. The van der Waals surface area contributed by atoms with Crippen LogP contribution in [0.2, 0.25) is 0 Å². The van der Waals surface area contributed by atoms with Gasteiger partial charge in [-0.3, -0.25) is 4.79 Å². The third-order valence-electron chi connectivity index (χ3n) is 10.4. The van der Waals surface area contributed by atoms with E-state index in [0.29, 0.717) is 30.7 Å². The quantitative estimate of drug-likeness (QED) is 0.385. The predicted octanol–water partition coefficient (Wildman–Crippen LogP) is 4.75. The van der Waals surface area contributed by atoms with Gasteiger partial charge in [0.1, 0.15) is 11.4 Å². The Kier molecular flexibility index (Phi) is 6.87. The number of rotatable bonds is 6. The summed E-state index contributed by atoms with van der Waals surface area (Å²) in [5.41, 5.74) is 2.47. The first-order chi connectivity index (χ1) is 17.7. The molecule has 3 N–H and O–H groups in total. The van der Waals surface area contributed by atoms with E-state index in [1.165, 1.54) is 5.57 Å². The molecule has 0 heterocycles. The van der Waals surface area contributed by atoms with Gasteiger partial charge in [-0.05, 0) is 105 Å². The van der Waals surface area contributed by atoms with Crippen LogP contribution in [0.4, 0.5) is 0 Å². The Morgan fingerprint density at radius 2 is 1.89 bits per heavy atom. The highest BCUT2D eigenvalue weighted by Gasteiger charge is 2.63. The highest BCUT2D eigenvalue weighted by molar-refractivity contribution is 5.96. The number of oxime groups is 1. The number of terminal acetylenes is 1. The molecule has 3 fully saturated rings. The highest BCUT2D eigenvalue weighted by Crippen LogP contribution is 2.67. The van der Waals surface area contributed by atoms with Crippen LogP contribution >= 0.6 is 0 Å². The standard InChI is InChI=1S/C31H40N2O4/c1-4-31(36)17-13-27-25-10-7-22-19-23(11-15-29(22,2)26(25)12-16-30(27,31)3)33-37-20-28(35)32-18-14-21-5-8-24(34)9-6-21/h1,5-6,8-9,19,25-27,34,36H,7,10-18,20H2,2-3H3,(H,32,35)/b33-23+/t25-,26+,27-,29+,30+,31-/m1/s1. The van der Waals surface area contributed by atoms with E-state index in [-0.39, 0.29) is 29.1 Å². The van der Waals surface area contributed by atoms with Gasteiger partial charge in [0.15, 0.2) is 6.61 Å². The number of fused-ring (bicyclic) bond motifs is 5. The maximum Gasteiger partial charge on any atom is 0.260 e. The Bertz CT molecular complexity index is 1130. The van der Waals surface area contributed by atoms with Crippen molar-refractivity contribution in [2.45, 2.75) is 77.2 Å². The summed E-state index contributed by atoms with van der Waals surface area (Å²) in [5.74, 6) is 4.55. The van der Waals surface area contributed by atoms with E-state index in [1.807, 2.05) is 12.1 Å². The normalized spacial score (nSPS) is 37.5. The van der Waals surface area contributed by atoms with E-state index in [9.17, 15) is 15.0 Å². The molecule has 0 saturated heterocycles. The monoisotopic (exact) mass is 504 g/mol. The van der Waals surface area contributed by atoms with Crippen molar-refractivity contribution in [3.8, 4) is 18.1 Å². The lowest BCUT2D eigenvalue weighted by molar-refractivity contribution is -0.125. The number of aliphatic hydroxyl groups is 1. The summed E-state index contributed by atoms with van der Waals surface area (Å²) in [4.78, 5) is 17.6. The van der Waals surface area contributed by atoms with Gasteiger partial charge in [-0.25, -0.2) is 0 Å². The van der Waals surface area contributed by atoms with E-state index >= 15 is 0 Å². The lowest BCUT2D eigenvalue weighted by atomic mass is 9.46. The van der Waals surface area contributed by atoms with Gasteiger partial charge in [0.2, 0.25) is 0 Å². The fourth-order valence-electron chi connectivity index (χ4n) is 8.13. The van der Waals surface area contributed by atoms with Crippen LogP contribution in [-0.4, -0.2) is 40.6 Å². The molecule has 0 spiro atoms. The Morgan fingerprint density at radius 3 is 2.65 bits per heavy atom. The average Bonchev–Trinajstić information content (AvgIpc) is 3.16. The molecule has 3 saturated carbocycles. The number of phenols is 1. The minimum absolute atomic E-state index is 0.0947. The minimum atomic E-state index is -0.957. The van der Waals surface area contributed by atoms with E-state index in [0.717, 1.165) is 62.6 Å². The molecule has 37 heavy (non-hydrogen) atoms. The molecule has 1 amide bonds. The van der Waals surface area contributed by atoms with Crippen LogP contribution in [0.25, 0.3) is 0 Å². The number of carbonyl (C=O) groups excluding carboxylic acids is 1. The van der Waals surface area contributed by atoms with Crippen molar-refractivity contribution in [3.05, 3.63) is 41.5 Å². The number of nitrogens with one attached hydrogen (secondary N) is 1. The van der Waals surface area contributed by atoms with E-state index in [1.54, 1.807) is 12.1 Å². The van der Waals surface area contributed by atoms with Crippen molar-refractivity contribution in [2.24, 2.45) is 33.7 Å². The number of phenolic OH excluding ortho intramolecular Hbond substituents is 1. The zero-order chi connectivity index (χ0) is 26.3. The molecule has 6 heteroatoms. The van der Waals surface area contributed by atoms with Gasteiger partial charge < -0.3 is 20.4 Å². The number of allylic oxidation sites excluding steroid dienone is 2. The van der Waals surface area contributed by atoms with Gasteiger partial charge in [0, 0.05) is 12.0 Å². The summed E-state index contributed by atoms with van der Waals surface area (Å²) in [5, 5.41) is 27.7. The summed E-state index contributed by atoms with van der Waals surface area (Å²) in [6, 6.07) is 6.98. The SMILES string of the molecule is C#C[C@@]1(O)CC[C@@H]2[C@@H]3CCC4=C/C(=N/OCC(=O)NCCc5ccc(O)cc5)CC[C@]4(C)[C@H]3CC[C@@]21C. The Morgan fingerprint density at radius 1 is 1.14 bits per heavy atom. The first-order valence-corrected chi connectivity index (χ1v) is 13.8. The van der Waals surface area contributed by atoms with E-state index in [4.69, 9.17) is 11.3 Å². The number of amides is 1. The lowest BCUT2D eigenvalue weighted by Crippen LogP contribution is -2.54. The van der Waals surface area contributed by atoms with Gasteiger partial charge in [0.05, 0.1) is 5.71 Å². The van der Waals surface area contributed by atoms with Gasteiger partial charge in [-0.15, -0.1) is 6.42 Å². The second-order valence-electron chi connectivity index (χ2n) is 12.1. The van der Waals surface area contributed by atoms with Gasteiger partial charge >= 0.3 is 0 Å². The second kappa shape index (κ2) is 9.83. The molecule has 5 rings (SSSR count). The summed E-state index contributed by atoms with van der Waals surface area (Å²) in [6.45, 7) is 5.08. The zero-order valence-electron chi connectivity index (χ0n) is 22.1. The third kappa shape index (κ3) is 4.56. The number of hydrogen-bond acceptors (Lipinski definition) is 5. The number of benzene rings is 1. The highest BCUT2D eigenvalue weighted by atomic mass is 16.6. The molecule has 1 aromatic rings. The second-order valence-corrected chi connectivity index (χ2v) is 12.1. The molecule has 0 radical (unpaired) electrons. The molecule has 4 aliphatic rings. The molecule has 0 unspecified atom stereocenters. The van der Waals surface area contributed by atoms with Crippen molar-refractivity contribution in [1.82, 2.24) is 5.32 Å². The minimum Gasteiger partial charge on any atom is -0.508 e. The number of carbonyl (C=O) groups is 1. The van der Waals surface area contributed by atoms with E-state index < -0.39 is 5.60 Å². The van der Waals surface area contributed by atoms with Crippen LogP contribution in [-0.2, 0) is 16.1 Å². The molecular formula is C31H40N2O4. The summed E-state index contributed by atoms with van der Waals surface area (Å²) >= 11 is 0. The maximum atomic E-state index is 12.2. The van der Waals surface area contributed by atoms with Gasteiger partial charge in [-0.2, -0.15) is 0 Å². The van der Waals surface area contributed by atoms with Gasteiger partial charge in [0.25, 0.3) is 5.91 Å². The average molecular weight is 505 g/mol. The van der Waals surface area contributed by atoms with Crippen LogP contribution in [0.15, 0.2) is 41.1 Å². The van der Waals surface area contributed by atoms with Crippen LogP contribution in [0.1, 0.15) is 70.8 Å². The number of aromatic hydroxyl groups is 1. The molecule has 0 aliphatic heterocycles. The fourth-order valence-corrected chi connectivity index (χ4v) is 8.13. The van der Waals surface area contributed by atoms with Gasteiger partial charge in [-0.1, -0.05) is 42.6 Å². The first-order valence-electron chi connectivity index (χ1n) is 13.8. The van der Waals surface area contributed by atoms with Crippen molar-refractivity contribution >= 4 is 11.6 Å². The molecule has 6 atom stereocenters. The maximum absolute atomic E-state index is 12.2. The van der Waals surface area contributed by atoms with Crippen LogP contribution in [0.5, 0.6) is 5.75 Å². The Balaban J connectivity index is 1.16. The largest absolute Gasteiger partial charge is 0.508 e. The molecule has 0 aromatic heterocycles. The fraction of sp³-hybridized carbons (Fsp3) is 0.613. The Hall–Kier alpha value is -2.78. The molecular weight excluding hydrogens is 464 g/mol. The summed E-state index contributed by atoms with van der Waals surface area (Å²) < 4.78 is 0. The molecule has 4 aliphatic carbocycles. The van der Waals surface area contributed by atoms with E-state index in [2.05, 4.69) is 36.3 Å². The lowest BCUT2D eigenvalue weighted by Gasteiger charge is -2.58. The zero-order valence-corrected chi connectivity index (χ0v) is 22.1.